The molecule has 0 bridgehead atoms. The summed E-state index contributed by atoms with van der Waals surface area (Å²) in [5.41, 5.74) is 1.23. The van der Waals surface area contributed by atoms with Gasteiger partial charge in [-0.3, -0.25) is 19.3 Å². The number of carbonyl (C=O) groups excluding carboxylic acids is 3. The van der Waals surface area contributed by atoms with Gasteiger partial charge in [0.2, 0.25) is 0 Å². The summed E-state index contributed by atoms with van der Waals surface area (Å²) in [6.07, 6.45) is 0.952. The lowest BCUT2D eigenvalue weighted by atomic mass is 10.1. The number of aldehydes is 1. The Morgan fingerprint density at radius 1 is 1.18 bits per heavy atom. The molecule has 1 aromatic carbocycles. The van der Waals surface area contributed by atoms with Gasteiger partial charge < -0.3 is 0 Å². The molecule has 4 nitrogen and oxygen atoms in total. The monoisotopic (exact) mass is 229 g/mol. The van der Waals surface area contributed by atoms with Gasteiger partial charge in [0.1, 0.15) is 6.29 Å². The van der Waals surface area contributed by atoms with E-state index in [1.165, 1.54) is 0 Å². The molecule has 1 heterocycles. The lowest BCUT2D eigenvalue weighted by Crippen LogP contribution is -2.30. The minimum atomic E-state index is -0.302. The Balaban J connectivity index is 2.19. The third kappa shape index (κ3) is 1.89. The Bertz CT molecular complexity index is 484. The highest BCUT2D eigenvalue weighted by molar-refractivity contribution is 6.21. The van der Waals surface area contributed by atoms with Crippen molar-refractivity contribution in [3.05, 3.63) is 47.5 Å². The van der Waals surface area contributed by atoms with Crippen LogP contribution in [0.25, 0.3) is 0 Å². The number of rotatable bonds is 4. The lowest BCUT2D eigenvalue weighted by Gasteiger charge is -2.12. The van der Waals surface area contributed by atoms with Crippen LogP contribution in [0.5, 0.6) is 0 Å². The summed E-state index contributed by atoms with van der Waals surface area (Å²) < 4.78 is 0. The zero-order valence-corrected chi connectivity index (χ0v) is 9.18. The number of nitrogens with zero attached hydrogens (tertiary/aromatic N) is 1. The van der Waals surface area contributed by atoms with Crippen LogP contribution < -0.4 is 0 Å². The van der Waals surface area contributed by atoms with E-state index < -0.39 is 0 Å². The van der Waals surface area contributed by atoms with Crippen LogP contribution in [-0.2, 0) is 4.79 Å². The van der Waals surface area contributed by atoms with Crippen molar-refractivity contribution in [1.82, 2.24) is 4.90 Å². The fourth-order valence-corrected chi connectivity index (χ4v) is 1.76. The summed E-state index contributed by atoms with van der Waals surface area (Å²) in [7, 11) is 0. The van der Waals surface area contributed by atoms with E-state index in [4.69, 9.17) is 0 Å². The number of carbonyl (C=O) groups is 3. The minimum absolute atomic E-state index is 0.198. The second-order valence-corrected chi connectivity index (χ2v) is 3.83. The van der Waals surface area contributed by atoms with E-state index in [9.17, 15) is 14.4 Å². The van der Waals surface area contributed by atoms with Gasteiger partial charge in [0.05, 0.1) is 11.1 Å². The quantitative estimate of drug-likeness (QED) is 0.446. The van der Waals surface area contributed by atoms with Gasteiger partial charge in [-0.2, -0.15) is 0 Å². The average molecular weight is 229 g/mol. The molecule has 0 aromatic heterocycles. The molecule has 2 amide bonds. The van der Waals surface area contributed by atoms with Crippen molar-refractivity contribution < 1.29 is 14.4 Å². The Kier molecular flexibility index (Phi) is 2.87. The van der Waals surface area contributed by atoms with Gasteiger partial charge in [-0.05, 0) is 24.1 Å². The van der Waals surface area contributed by atoms with Gasteiger partial charge in [-0.1, -0.05) is 18.7 Å². The Labute approximate surface area is 98.5 Å². The fraction of sp³-hybridized carbons (Fsp3) is 0.154. The van der Waals surface area contributed by atoms with Crippen molar-refractivity contribution in [3.63, 3.8) is 0 Å². The molecule has 1 aromatic rings. The number of imide groups is 1. The molecule has 0 radical (unpaired) electrons. The molecule has 0 atom stereocenters. The maximum absolute atomic E-state index is 11.9. The van der Waals surface area contributed by atoms with Crippen LogP contribution in [0.4, 0.5) is 0 Å². The zero-order valence-electron chi connectivity index (χ0n) is 9.18. The first-order valence-electron chi connectivity index (χ1n) is 5.23. The van der Waals surface area contributed by atoms with E-state index in [-0.39, 0.29) is 18.4 Å². The van der Waals surface area contributed by atoms with Crippen LogP contribution in [0.1, 0.15) is 27.1 Å². The first-order chi connectivity index (χ1) is 8.15. The molecule has 0 saturated heterocycles. The largest absolute Gasteiger partial charge is 0.298 e. The molecule has 0 N–H and O–H groups in total. The van der Waals surface area contributed by atoms with Crippen LogP contribution in [-0.4, -0.2) is 29.5 Å². The first-order valence-corrected chi connectivity index (χ1v) is 5.23. The fourth-order valence-electron chi connectivity index (χ4n) is 1.76. The molecular weight excluding hydrogens is 218 g/mol. The third-order valence-corrected chi connectivity index (χ3v) is 2.70. The molecular formula is C13H11NO3. The normalized spacial score (nSPS) is 13.8. The van der Waals surface area contributed by atoms with Gasteiger partial charge in [0.15, 0.2) is 0 Å². The molecule has 1 aliphatic rings. The summed E-state index contributed by atoms with van der Waals surface area (Å²) in [5, 5.41) is 0. The van der Waals surface area contributed by atoms with Crippen LogP contribution in [0.15, 0.2) is 36.4 Å². The van der Waals surface area contributed by atoms with Crippen molar-refractivity contribution in [1.29, 1.82) is 0 Å². The topological polar surface area (TPSA) is 54.5 Å². The summed E-state index contributed by atoms with van der Waals surface area (Å²) >= 11 is 0. The van der Waals surface area contributed by atoms with Crippen molar-refractivity contribution in [3.8, 4) is 0 Å². The number of amides is 2. The van der Waals surface area contributed by atoms with Crippen molar-refractivity contribution in [2.75, 3.05) is 6.54 Å². The number of fused-ring (bicyclic) bond motifs is 1. The van der Waals surface area contributed by atoms with Gasteiger partial charge in [0, 0.05) is 6.54 Å². The van der Waals surface area contributed by atoms with Crippen LogP contribution in [0.2, 0.25) is 0 Å². The standard InChI is InChI=1S/C13H11NO3/c1-9(8-15)6-7-14-12(16)10-4-2-3-5-11(10)13(14)17/h2-5,8H,1,6-7H2. The summed E-state index contributed by atoms with van der Waals surface area (Å²) in [5.74, 6) is -0.603. The molecule has 1 aliphatic heterocycles. The Hall–Kier alpha value is -2.23. The molecule has 17 heavy (non-hydrogen) atoms. The highest BCUT2D eigenvalue weighted by atomic mass is 16.2. The van der Waals surface area contributed by atoms with Gasteiger partial charge in [-0.25, -0.2) is 0 Å². The van der Waals surface area contributed by atoms with E-state index in [2.05, 4.69) is 6.58 Å². The van der Waals surface area contributed by atoms with Crippen LogP contribution in [0.3, 0.4) is 0 Å². The first kappa shape index (κ1) is 11.3. The Morgan fingerprint density at radius 2 is 1.71 bits per heavy atom. The molecule has 4 heteroatoms. The third-order valence-electron chi connectivity index (χ3n) is 2.70. The second kappa shape index (κ2) is 4.33. The molecule has 86 valence electrons. The van der Waals surface area contributed by atoms with E-state index >= 15 is 0 Å². The molecule has 0 saturated carbocycles. The van der Waals surface area contributed by atoms with Gasteiger partial charge in [0.25, 0.3) is 11.8 Å². The number of hydrogen-bond donors (Lipinski definition) is 0. The van der Waals surface area contributed by atoms with E-state index in [1.54, 1.807) is 24.3 Å². The zero-order chi connectivity index (χ0) is 12.4. The molecule has 0 spiro atoms. The second-order valence-electron chi connectivity index (χ2n) is 3.83. The molecule has 0 fully saturated rings. The van der Waals surface area contributed by atoms with Crippen molar-refractivity contribution in [2.24, 2.45) is 0 Å². The summed E-state index contributed by atoms with van der Waals surface area (Å²) in [4.78, 5) is 35.3. The predicted octanol–water partition coefficient (Wildman–Crippen LogP) is 1.43. The van der Waals surface area contributed by atoms with E-state index in [1.807, 2.05) is 0 Å². The number of benzene rings is 1. The lowest BCUT2D eigenvalue weighted by molar-refractivity contribution is -0.105. The smallest absolute Gasteiger partial charge is 0.261 e. The summed E-state index contributed by atoms with van der Waals surface area (Å²) in [6.45, 7) is 3.71. The van der Waals surface area contributed by atoms with Crippen molar-refractivity contribution in [2.45, 2.75) is 6.42 Å². The van der Waals surface area contributed by atoms with Gasteiger partial charge in [-0.15, -0.1) is 0 Å². The maximum Gasteiger partial charge on any atom is 0.261 e. The molecule has 0 aliphatic carbocycles. The predicted molar refractivity (Wildman–Crippen MR) is 61.6 cm³/mol. The van der Waals surface area contributed by atoms with Crippen LogP contribution in [0, 0.1) is 0 Å². The van der Waals surface area contributed by atoms with E-state index in [0.717, 1.165) is 4.90 Å². The van der Waals surface area contributed by atoms with E-state index in [0.29, 0.717) is 29.4 Å². The Morgan fingerprint density at radius 3 is 2.18 bits per heavy atom. The van der Waals surface area contributed by atoms with Crippen LogP contribution >= 0.6 is 0 Å². The highest BCUT2D eigenvalue weighted by Gasteiger charge is 2.34. The SMILES string of the molecule is C=C(C=O)CCN1C(=O)c2ccccc2C1=O. The maximum atomic E-state index is 11.9. The molecule has 2 rings (SSSR count). The minimum Gasteiger partial charge on any atom is -0.298 e. The average Bonchev–Trinajstić information content (AvgIpc) is 2.60. The number of hydrogen-bond acceptors (Lipinski definition) is 3. The summed E-state index contributed by atoms with van der Waals surface area (Å²) in [6, 6.07) is 6.70. The molecule has 0 unspecified atom stereocenters. The van der Waals surface area contributed by atoms with Crippen molar-refractivity contribution >= 4 is 18.1 Å². The highest BCUT2D eigenvalue weighted by Crippen LogP contribution is 2.22. The van der Waals surface area contributed by atoms with Gasteiger partial charge >= 0.3 is 0 Å².